The van der Waals surface area contributed by atoms with E-state index in [0.29, 0.717) is 5.75 Å². The van der Waals surface area contributed by atoms with E-state index in [0.717, 1.165) is 5.56 Å². The summed E-state index contributed by atoms with van der Waals surface area (Å²) in [5.41, 5.74) is 4.68. The number of benzene rings is 1. The second-order valence-electron chi connectivity index (χ2n) is 4.22. The summed E-state index contributed by atoms with van der Waals surface area (Å²) < 4.78 is 5.03. The zero-order valence-corrected chi connectivity index (χ0v) is 9.75. The van der Waals surface area contributed by atoms with Crippen molar-refractivity contribution in [2.45, 2.75) is 5.92 Å². The molecular formula is C13H11N3O2. The lowest BCUT2D eigenvalue weighted by Crippen LogP contribution is -2.17. The normalized spacial score (nSPS) is 23.5. The largest absolute Gasteiger partial charge is 0.497 e. The van der Waals surface area contributed by atoms with Crippen LogP contribution in [0.4, 0.5) is 0 Å². The molecule has 0 aliphatic heterocycles. The summed E-state index contributed by atoms with van der Waals surface area (Å²) in [6.45, 7) is 0. The monoisotopic (exact) mass is 241 g/mol. The van der Waals surface area contributed by atoms with Gasteiger partial charge in [0.2, 0.25) is 5.91 Å². The van der Waals surface area contributed by atoms with Gasteiger partial charge in [0, 0.05) is 5.92 Å². The van der Waals surface area contributed by atoms with Gasteiger partial charge >= 0.3 is 0 Å². The van der Waals surface area contributed by atoms with E-state index < -0.39 is 23.2 Å². The third kappa shape index (κ3) is 1.49. The van der Waals surface area contributed by atoms with Crippen LogP contribution in [0.3, 0.4) is 0 Å². The molecule has 5 nitrogen and oxygen atoms in total. The van der Waals surface area contributed by atoms with E-state index in [1.807, 2.05) is 12.1 Å². The second kappa shape index (κ2) is 4.05. The van der Waals surface area contributed by atoms with Crippen LogP contribution >= 0.6 is 0 Å². The van der Waals surface area contributed by atoms with Crippen LogP contribution in [-0.2, 0) is 4.79 Å². The van der Waals surface area contributed by atoms with Crippen molar-refractivity contribution in [2.75, 3.05) is 7.11 Å². The van der Waals surface area contributed by atoms with E-state index in [4.69, 9.17) is 21.0 Å². The molecule has 5 heteroatoms. The van der Waals surface area contributed by atoms with Crippen LogP contribution in [0.2, 0.25) is 0 Å². The Bertz CT molecular complexity index is 551. The molecule has 1 saturated carbocycles. The highest BCUT2D eigenvalue weighted by atomic mass is 16.5. The number of nitriles is 2. The van der Waals surface area contributed by atoms with Gasteiger partial charge in [-0.1, -0.05) is 12.1 Å². The Hall–Kier alpha value is -2.53. The first-order chi connectivity index (χ1) is 8.60. The molecular weight excluding hydrogens is 230 g/mol. The summed E-state index contributed by atoms with van der Waals surface area (Å²) in [6.07, 6.45) is 0. The van der Waals surface area contributed by atoms with Crippen molar-refractivity contribution in [2.24, 2.45) is 17.1 Å². The molecule has 0 heterocycles. The topological polar surface area (TPSA) is 99.9 Å². The smallest absolute Gasteiger partial charge is 0.223 e. The number of rotatable bonds is 3. The predicted octanol–water partition coefficient (Wildman–Crippen LogP) is 0.927. The Morgan fingerprint density at radius 3 is 2.22 bits per heavy atom. The number of hydrogen-bond acceptors (Lipinski definition) is 4. The van der Waals surface area contributed by atoms with Gasteiger partial charge in [-0.25, -0.2) is 0 Å². The van der Waals surface area contributed by atoms with E-state index >= 15 is 0 Å². The van der Waals surface area contributed by atoms with Crippen LogP contribution in [0.15, 0.2) is 24.3 Å². The van der Waals surface area contributed by atoms with Crippen molar-refractivity contribution in [3.63, 3.8) is 0 Å². The Kier molecular flexibility index (Phi) is 2.68. The molecule has 0 bridgehead atoms. The predicted molar refractivity (Wildman–Crippen MR) is 62.1 cm³/mol. The SMILES string of the molecule is COc1ccc([C@@H]2[C@@H](C(N)=O)C2(C#N)C#N)cc1. The number of amides is 1. The number of ether oxygens (including phenoxy) is 1. The number of carbonyl (C=O) groups excluding carboxylic acids is 1. The number of nitrogens with zero attached hydrogens (tertiary/aromatic N) is 2. The highest BCUT2D eigenvalue weighted by Gasteiger charge is 2.70. The summed E-state index contributed by atoms with van der Waals surface area (Å²) in [6, 6.07) is 10.8. The summed E-state index contributed by atoms with van der Waals surface area (Å²) in [7, 11) is 1.55. The van der Waals surface area contributed by atoms with Crippen LogP contribution < -0.4 is 10.5 Å². The maximum absolute atomic E-state index is 11.3. The van der Waals surface area contributed by atoms with Crippen LogP contribution in [-0.4, -0.2) is 13.0 Å². The van der Waals surface area contributed by atoms with Gasteiger partial charge in [0.05, 0.1) is 25.2 Å². The first-order valence-corrected chi connectivity index (χ1v) is 5.36. The van der Waals surface area contributed by atoms with Crippen LogP contribution in [0.1, 0.15) is 11.5 Å². The number of methoxy groups -OCH3 is 1. The highest BCUT2D eigenvalue weighted by Crippen LogP contribution is 2.64. The molecule has 1 aliphatic carbocycles. The quantitative estimate of drug-likeness (QED) is 0.850. The zero-order valence-electron chi connectivity index (χ0n) is 9.75. The number of primary amides is 1. The van der Waals surface area contributed by atoms with E-state index in [9.17, 15) is 4.79 Å². The van der Waals surface area contributed by atoms with Crippen LogP contribution in [0.5, 0.6) is 5.75 Å². The molecule has 1 aliphatic rings. The third-order valence-corrected chi connectivity index (χ3v) is 3.36. The molecule has 90 valence electrons. The number of hydrogen-bond donors (Lipinski definition) is 1. The minimum absolute atomic E-state index is 0.448. The molecule has 18 heavy (non-hydrogen) atoms. The summed E-state index contributed by atoms with van der Waals surface area (Å²) in [5.74, 6) is -1.12. The van der Waals surface area contributed by atoms with Crippen LogP contribution in [0, 0.1) is 34.0 Å². The molecule has 1 aromatic carbocycles. The van der Waals surface area contributed by atoms with Gasteiger partial charge in [-0.05, 0) is 17.7 Å². The van der Waals surface area contributed by atoms with E-state index in [2.05, 4.69) is 0 Å². The van der Waals surface area contributed by atoms with Crippen molar-refractivity contribution in [3.05, 3.63) is 29.8 Å². The molecule has 0 saturated heterocycles. The first kappa shape index (κ1) is 11.9. The fourth-order valence-electron chi connectivity index (χ4n) is 2.35. The number of nitrogens with two attached hydrogens (primary N) is 1. The summed E-state index contributed by atoms with van der Waals surface area (Å²) in [5, 5.41) is 18.2. The molecule has 2 atom stereocenters. The molecule has 0 unspecified atom stereocenters. The minimum atomic E-state index is -1.32. The Morgan fingerprint density at radius 2 is 1.89 bits per heavy atom. The minimum Gasteiger partial charge on any atom is -0.497 e. The van der Waals surface area contributed by atoms with Crippen LogP contribution in [0.25, 0.3) is 0 Å². The van der Waals surface area contributed by atoms with Gasteiger partial charge in [0.25, 0.3) is 0 Å². The van der Waals surface area contributed by atoms with Gasteiger partial charge in [0.1, 0.15) is 5.75 Å². The lowest BCUT2D eigenvalue weighted by Gasteiger charge is -2.02. The Labute approximate surface area is 104 Å². The Morgan fingerprint density at radius 1 is 1.33 bits per heavy atom. The lowest BCUT2D eigenvalue weighted by molar-refractivity contribution is -0.119. The summed E-state index contributed by atoms with van der Waals surface area (Å²) >= 11 is 0. The van der Waals surface area contributed by atoms with Crippen molar-refractivity contribution in [1.82, 2.24) is 0 Å². The zero-order chi connectivity index (χ0) is 13.3. The van der Waals surface area contributed by atoms with Gasteiger partial charge in [-0.2, -0.15) is 10.5 Å². The average Bonchev–Trinajstić information content (AvgIpc) is 3.08. The molecule has 2 rings (SSSR count). The maximum Gasteiger partial charge on any atom is 0.223 e. The fourth-order valence-corrected chi connectivity index (χ4v) is 2.35. The van der Waals surface area contributed by atoms with Crippen molar-refractivity contribution < 1.29 is 9.53 Å². The summed E-state index contributed by atoms with van der Waals surface area (Å²) in [4.78, 5) is 11.3. The van der Waals surface area contributed by atoms with E-state index in [1.165, 1.54) is 0 Å². The molecule has 0 spiro atoms. The second-order valence-corrected chi connectivity index (χ2v) is 4.22. The van der Waals surface area contributed by atoms with E-state index in [1.54, 1.807) is 31.4 Å². The van der Waals surface area contributed by atoms with E-state index in [-0.39, 0.29) is 0 Å². The maximum atomic E-state index is 11.3. The molecule has 0 aromatic heterocycles. The number of carbonyl (C=O) groups is 1. The first-order valence-electron chi connectivity index (χ1n) is 5.36. The van der Waals surface area contributed by atoms with Gasteiger partial charge < -0.3 is 10.5 Å². The van der Waals surface area contributed by atoms with Crippen molar-refractivity contribution in [1.29, 1.82) is 10.5 Å². The molecule has 2 N–H and O–H groups in total. The highest BCUT2D eigenvalue weighted by molar-refractivity contribution is 5.85. The Balaban J connectivity index is 2.37. The average molecular weight is 241 g/mol. The molecule has 1 amide bonds. The standard InChI is InChI=1S/C13H11N3O2/c1-18-9-4-2-8(3-5-9)10-11(12(16)17)13(10,6-14)7-15/h2-5,10-11H,1H3,(H2,16,17)/t10-,11+/m1/s1. The van der Waals surface area contributed by atoms with Gasteiger partial charge in [0.15, 0.2) is 5.41 Å². The van der Waals surface area contributed by atoms with Crippen molar-refractivity contribution >= 4 is 5.91 Å². The lowest BCUT2D eigenvalue weighted by atomic mass is 10.0. The molecule has 0 radical (unpaired) electrons. The molecule has 1 aromatic rings. The van der Waals surface area contributed by atoms with Crippen molar-refractivity contribution in [3.8, 4) is 17.9 Å². The molecule has 1 fully saturated rings. The van der Waals surface area contributed by atoms with Gasteiger partial charge in [-0.15, -0.1) is 0 Å². The third-order valence-electron chi connectivity index (χ3n) is 3.36. The van der Waals surface area contributed by atoms with Gasteiger partial charge in [-0.3, -0.25) is 4.79 Å². The fraction of sp³-hybridized carbons (Fsp3) is 0.308.